The van der Waals surface area contributed by atoms with Gasteiger partial charge in [-0.05, 0) is 19.1 Å². The molecule has 5 heteroatoms. The van der Waals surface area contributed by atoms with Crippen LogP contribution in [0.3, 0.4) is 0 Å². The Morgan fingerprint density at radius 1 is 1.44 bits per heavy atom. The lowest BCUT2D eigenvalue weighted by Crippen LogP contribution is -2.32. The fourth-order valence-corrected chi connectivity index (χ4v) is 1.34. The fraction of sp³-hybridized carbons (Fsp3) is 0.273. The van der Waals surface area contributed by atoms with Crippen LogP contribution in [0.25, 0.3) is 0 Å². The van der Waals surface area contributed by atoms with Gasteiger partial charge in [-0.3, -0.25) is 9.59 Å². The first-order chi connectivity index (χ1) is 7.41. The molecule has 1 amide bonds. The molecule has 86 valence electrons. The molecule has 0 radical (unpaired) electrons. The predicted octanol–water partition coefficient (Wildman–Crippen LogP) is 0.734. The van der Waals surface area contributed by atoms with Crippen LogP contribution in [-0.4, -0.2) is 35.5 Å². The van der Waals surface area contributed by atoms with Crippen LogP contribution >= 0.6 is 0 Å². The molecular formula is C11H14N2O3. The molecule has 1 aromatic rings. The molecule has 5 nitrogen and oxygen atoms in total. The van der Waals surface area contributed by atoms with Crippen LogP contribution < -0.4 is 5.73 Å². The number of carboxylic acid groups (broad SMARTS) is 1. The number of benzene rings is 1. The summed E-state index contributed by atoms with van der Waals surface area (Å²) >= 11 is 0. The SMILES string of the molecule is Cc1ccc(N)c(C(=O)N(C)CC(=O)O)c1. The van der Waals surface area contributed by atoms with Crippen LogP contribution in [0.5, 0.6) is 0 Å². The predicted molar refractivity (Wildman–Crippen MR) is 60.2 cm³/mol. The highest BCUT2D eigenvalue weighted by atomic mass is 16.4. The number of nitrogens with zero attached hydrogens (tertiary/aromatic N) is 1. The van der Waals surface area contributed by atoms with E-state index in [9.17, 15) is 9.59 Å². The average molecular weight is 222 g/mol. The molecular weight excluding hydrogens is 208 g/mol. The molecule has 0 aliphatic heterocycles. The molecule has 0 aromatic heterocycles. The molecule has 1 rings (SSSR count). The molecule has 0 spiro atoms. The van der Waals surface area contributed by atoms with Crippen molar-refractivity contribution in [2.45, 2.75) is 6.92 Å². The number of aliphatic carboxylic acids is 1. The van der Waals surface area contributed by atoms with Gasteiger partial charge < -0.3 is 15.7 Å². The fourth-order valence-electron chi connectivity index (χ4n) is 1.34. The smallest absolute Gasteiger partial charge is 0.323 e. The van der Waals surface area contributed by atoms with Crippen molar-refractivity contribution in [3.05, 3.63) is 29.3 Å². The number of nitrogens with two attached hydrogens (primary N) is 1. The zero-order chi connectivity index (χ0) is 12.3. The monoisotopic (exact) mass is 222 g/mol. The number of amides is 1. The molecule has 0 bridgehead atoms. The molecule has 0 heterocycles. The summed E-state index contributed by atoms with van der Waals surface area (Å²) in [6, 6.07) is 5.08. The second-order valence-corrected chi connectivity index (χ2v) is 3.65. The summed E-state index contributed by atoms with van der Waals surface area (Å²) in [5.41, 5.74) is 7.26. The summed E-state index contributed by atoms with van der Waals surface area (Å²) in [4.78, 5) is 23.4. The van der Waals surface area contributed by atoms with Gasteiger partial charge in [0.15, 0.2) is 0 Å². The van der Waals surface area contributed by atoms with Gasteiger partial charge in [-0.2, -0.15) is 0 Å². The van der Waals surface area contributed by atoms with Crippen LogP contribution in [0.1, 0.15) is 15.9 Å². The van der Waals surface area contributed by atoms with Crippen LogP contribution in [0.4, 0.5) is 5.69 Å². The minimum absolute atomic E-state index is 0.337. The van der Waals surface area contributed by atoms with E-state index >= 15 is 0 Å². The van der Waals surface area contributed by atoms with Crippen LogP contribution in [0, 0.1) is 6.92 Å². The van der Waals surface area contributed by atoms with Gasteiger partial charge in [-0.15, -0.1) is 0 Å². The Hall–Kier alpha value is -2.04. The first-order valence-corrected chi connectivity index (χ1v) is 4.75. The number of likely N-dealkylation sites (N-methyl/N-ethyl adjacent to an activating group) is 1. The molecule has 0 unspecified atom stereocenters. The summed E-state index contributed by atoms with van der Waals surface area (Å²) in [5, 5.41) is 8.58. The zero-order valence-corrected chi connectivity index (χ0v) is 9.23. The molecule has 0 atom stereocenters. The van der Waals surface area contributed by atoms with Crippen molar-refractivity contribution in [3.63, 3.8) is 0 Å². The van der Waals surface area contributed by atoms with Crippen LogP contribution in [0.15, 0.2) is 18.2 Å². The third-order valence-electron chi connectivity index (χ3n) is 2.16. The Morgan fingerprint density at radius 2 is 2.06 bits per heavy atom. The second-order valence-electron chi connectivity index (χ2n) is 3.65. The molecule has 0 fully saturated rings. The molecule has 0 aliphatic carbocycles. The van der Waals surface area contributed by atoms with E-state index in [1.54, 1.807) is 18.2 Å². The van der Waals surface area contributed by atoms with Gasteiger partial charge in [0.05, 0.1) is 5.56 Å². The van der Waals surface area contributed by atoms with Crippen molar-refractivity contribution in [3.8, 4) is 0 Å². The van der Waals surface area contributed by atoms with Gasteiger partial charge in [0.2, 0.25) is 0 Å². The van der Waals surface area contributed by atoms with Crippen molar-refractivity contribution >= 4 is 17.6 Å². The Kier molecular flexibility index (Phi) is 3.50. The standard InChI is InChI=1S/C11H14N2O3/c1-7-3-4-9(12)8(5-7)11(16)13(2)6-10(14)15/h3-5H,6,12H2,1-2H3,(H,14,15). The molecule has 0 saturated heterocycles. The van der Waals surface area contributed by atoms with Gasteiger partial charge >= 0.3 is 5.97 Å². The van der Waals surface area contributed by atoms with Crippen LogP contribution in [0.2, 0.25) is 0 Å². The lowest BCUT2D eigenvalue weighted by Gasteiger charge is -2.16. The molecule has 0 aliphatic rings. The lowest BCUT2D eigenvalue weighted by molar-refractivity contribution is -0.137. The van der Waals surface area contributed by atoms with Crippen molar-refractivity contribution in [1.29, 1.82) is 0 Å². The van der Waals surface area contributed by atoms with E-state index < -0.39 is 5.97 Å². The van der Waals surface area contributed by atoms with E-state index in [2.05, 4.69) is 0 Å². The minimum Gasteiger partial charge on any atom is -0.480 e. The van der Waals surface area contributed by atoms with Gasteiger partial charge in [0.25, 0.3) is 5.91 Å². The Labute approximate surface area is 93.5 Å². The van der Waals surface area contributed by atoms with Gasteiger partial charge in [-0.25, -0.2) is 0 Å². The summed E-state index contributed by atoms with van der Waals surface area (Å²) in [6.07, 6.45) is 0. The molecule has 0 saturated carbocycles. The summed E-state index contributed by atoms with van der Waals surface area (Å²) in [6.45, 7) is 1.50. The maximum absolute atomic E-state index is 11.8. The lowest BCUT2D eigenvalue weighted by atomic mass is 10.1. The Balaban J connectivity index is 2.95. The maximum Gasteiger partial charge on any atom is 0.323 e. The quantitative estimate of drug-likeness (QED) is 0.738. The average Bonchev–Trinajstić information content (AvgIpc) is 2.19. The van der Waals surface area contributed by atoms with E-state index in [-0.39, 0.29) is 12.5 Å². The number of nitrogen functional groups attached to an aromatic ring is 1. The number of carboxylic acids is 1. The van der Waals surface area contributed by atoms with Crippen molar-refractivity contribution < 1.29 is 14.7 Å². The Morgan fingerprint density at radius 3 is 2.62 bits per heavy atom. The van der Waals surface area contributed by atoms with E-state index in [1.807, 2.05) is 6.92 Å². The summed E-state index contributed by atoms with van der Waals surface area (Å²) < 4.78 is 0. The molecule has 16 heavy (non-hydrogen) atoms. The van der Waals surface area contributed by atoms with Crippen molar-refractivity contribution in [2.75, 3.05) is 19.3 Å². The topological polar surface area (TPSA) is 83.6 Å². The van der Waals surface area contributed by atoms with Gasteiger partial charge in [0.1, 0.15) is 6.54 Å². The van der Waals surface area contributed by atoms with E-state index in [0.29, 0.717) is 11.3 Å². The number of anilines is 1. The molecule has 1 aromatic carbocycles. The first kappa shape index (κ1) is 12.0. The minimum atomic E-state index is -1.05. The van der Waals surface area contributed by atoms with Gasteiger partial charge in [0, 0.05) is 12.7 Å². The highest BCUT2D eigenvalue weighted by Crippen LogP contribution is 2.15. The number of hydrogen-bond donors (Lipinski definition) is 2. The third kappa shape index (κ3) is 2.73. The zero-order valence-electron chi connectivity index (χ0n) is 9.23. The number of carbonyl (C=O) groups is 2. The highest BCUT2D eigenvalue weighted by molar-refractivity contribution is 6.00. The van der Waals surface area contributed by atoms with Crippen LogP contribution in [-0.2, 0) is 4.79 Å². The Bertz CT molecular complexity index is 429. The number of hydrogen-bond acceptors (Lipinski definition) is 3. The van der Waals surface area contributed by atoms with Gasteiger partial charge in [-0.1, -0.05) is 11.6 Å². The third-order valence-corrected chi connectivity index (χ3v) is 2.16. The summed E-state index contributed by atoms with van der Waals surface area (Å²) in [5.74, 6) is -1.44. The second kappa shape index (κ2) is 4.65. The largest absolute Gasteiger partial charge is 0.480 e. The highest BCUT2D eigenvalue weighted by Gasteiger charge is 2.16. The van der Waals surface area contributed by atoms with E-state index in [4.69, 9.17) is 10.8 Å². The van der Waals surface area contributed by atoms with E-state index in [1.165, 1.54) is 7.05 Å². The first-order valence-electron chi connectivity index (χ1n) is 4.75. The van der Waals surface area contributed by atoms with E-state index in [0.717, 1.165) is 10.5 Å². The number of carbonyl (C=O) groups excluding carboxylic acids is 1. The summed E-state index contributed by atoms with van der Waals surface area (Å²) in [7, 11) is 1.43. The number of rotatable bonds is 3. The number of aryl methyl sites for hydroxylation is 1. The van der Waals surface area contributed by atoms with Crippen molar-refractivity contribution in [2.24, 2.45) is 0 Å². The maximum atomic E-state index is 11.8. The molecule has 3 N–H and O–H groups in total. The van der Waals surface area contributed by atoms with Crippen molar-refractivity contribution in [1.82, 2.24) is 4.90 Å². The normalized spacial score (nSPS) is 9.88.